The highest BCUT2D eigenvalue weighted by atomic mass is 35.5. The first kappa shape index (κ1) is 19.9. The van der Waals surface area contributed by atoms with Gasteiger partial charge in [0.15, 0.2) is 5.71 Å². The van der Waals surface area contributed by atoms with E-state index in [0.717, 1.165) is 18.5 Å². The van der Waals surface area contributed by atoms with Crippen molar-refractivity contribution in [1.82, 2.24) is 14.9 Å². The Bertz CT molecular complexity index is 756. The van der Waals surface area contributed by atoms with Gasteiger partial charge in [0, 0.05) is 24.4 Å². The van der Waals surface area contributed by atoms with Crippen LogP contribution in [-0.2, 0) is 16.1 Å². The minimum Gasteiger partial charge on any atom is -0.464 e. The van der Waals surface area contributed by atoms with Gasteiger partial charge in [-0.15, -0.1) is 0 Å². The number of carbonyl (C=O) groups excluding carboxylic acids is 1. The molecular weight excluding hydrogens is 354 g/mol. The predicted molar refractivity (Wildman–Crippen MR) is 101 cm³/mol. The van der Waals surface area contributed by atoms with Gasteiger partial charge in [-0.25, -0.2) is 19.8 Å². The fourth-order valence-electron chi connectivity index (χ4n) is 2.35. The summed E-state index contributed by atoms with van der Waals surface area (Å²) < 4.78 is 4.81. The second-order valence-corrected chi connectivity index (χ2v) is 6.40. The third-order valence-corrected chi connectivity index (χ3v) is 4.40. The summed E-state index contributed by atoms with van der Waals surface area (Å²) in [6.45, 7) is 8.66. The number of aromatic nitrogens is 2. The first-order valence-corrected chi connectivity index (χ1v) is 8.80. The van der Waals surface area contributed by atoms with Crippen molar-refractivity contribution in [2.24, 2.45) is 16.6 Å². The summed E-state index contributed by atoms with van der Waals surface area (Å²) in [5.74, 6) is 0.559. The number of esters is 1. The van der Waals surface area contributed by atoms with E-state index in [1.54, 1.807) is 12.3 Å². The lowest BCUT2D eigenvalue weighted by molar-refractivity contribution is -0.132. The fraction of sp³-hybridized carbons (Fsp3) is 0.444. The van der Waals surface area contributed by atoms with E-state index in [1.807, 2.05) is 18.7 Å². The first-order chi connectivity index (χ1) is 12.4. The van der Waals surface area contributed by atoms with Crippen molar-refractivity contribution in [2.45, 2.75) is 33.2 Å². The molecule has 1 aromatic heterocycles. The Morgan fingerprint density at radius 3 is 2.77 bits per heavy atom. The zero-order valence-corrected chi connectivity index (χ0v) is 16.1. The number of halogens is 1. The number of hydrogen-bond acceptors (Lipinski definition) is 7. The van der Waals surface area contributed by atoms with Crippen molar-refractivity contribution in [3.05, 3.63) is 46.9 Å². The third-order valence-electron chi connectivity index (χ3n) is 4.02. The highest BCUT2D eigenvalue weighted by Crippen LogP contribution is 2.36. The quantitative estimate of drug-likeness (QED) is 0.552. The Morgan fingerprint density at radius 2 is 2.23 bits per heavy atom. The van der Waals surface area contributed by atoms with E-state index in [2.05, 4.69) is 21.5 Å². The van der Waals surface area contributed by atoms with E-state index < -0.39 is 5.97 Å². The summed E-state index contributed by atoms with van der Waals surface area (Å²) in [5.41, 5.74) is 7.62. The zero-order valence-electron chi connectivity index (χ0n) is 15.3. The summed E-state index contributed by atoms with van der Waals surface area (Å²) in [7, 11) is 1.28. The molecule has 26 heavy (non-hydrogen) atoms. The first-order valence-electron chi connectivity index (χ1n) is 8.42. The Kier molecular flexibility index (Phi) is 6.74. The van der Waals surface area contributed by atoms with E-state index in [0.29, 0.717) is 30.5 Å². The number of carbonyl (C=O) groups is 1. The van der Waals surface area contributed by atoms with Gasteiger partial charge in [-0.2, -0.15) is 0 Å². The SMILES string of the molecule is C=C(/N=C(C(=O)OC)\C(Cl)=C(/N)N(CC)Cc1ccnc(C)n1)C1CC1. The maximum atomic E-state index is 12.1. The van der Waals surface area contributed by atoms with Crippen molar-refractivity contribution < 1.29 is 9.53 Å². The Morgan fingerprint density at radius 1 is 1.54 bits per heavy atom. The van der Waals surface area contributed by atoms with Crippen LogP contribution in [0.15, 0.2) is 40.4 Å². The number of rotatable bonds is 8. The molecule has 1 saturated carbocycles. The second kappa shape index (κ2) is 8.80. The predicted octanol–water partition coefficient (Wildman–Crippen LogP) is 2.51. The highest BCUT2D eigenvalue weighted by molar-refractivity contribution is 6.58. The summed E-state index contributed by atoms with van der Waals surface area (Å²) in [6.07, 6.45) is 3.72. The van der Waals surface area contributed by atoms with Crippen LogP contribution in [0.4, 0.5) is 0 Å². The molecule has 0 aromatic carbocycles. The summed E-state index contributed by atoms with van der Waals surface area (Å²) >= 11 is 6.42. The Labute approximate surface area is 158 Å². The molecule has 0 saturated heterocycles. The molecule has 0 bridgehead atoms. The molecule has 0 atom stereocenters. The van der Waals surface area contributed by atoms with E-state index in [-0.39, 0.29) is 16.6 Å². The third kappa shape index (κ3) is 5.05. The van der Waals surface area contributed by atoms with Crippen molar-refractivity contribution in [3.8, 4) is 0 Å². The molecule has 0 aliphatic heterocycles. The van der Waals surface area contributed by atoms with Crippen LogP contribution in [0.5, 0.6) is 0 Å². The summed E-state index contributed by atoms with van der Waals surface area (Å²) in [5, 5.41) is 0.0475. The lowest BCUT2D eigenvalue weighted by Crippen LogP contribution is -2.31. The topological polar surface area (TPSA) is 93.7 Å². The second-order valence-electron chi connectivity index (χ2n) is 6.03. The van der Waals surface area contributed by atoms with Crippen LogP contribution >= 0.6 is 11.6 Å². The molecule has 1 heterocycles. The van der Waals surface area contributed by atoms with Crippen molar-refractivity contribution in [1.29, 1.82) is 0 Å². The van der Waals surface area contributed by atoms with Gasteiger partial charge < -0.3 is 15.4 Å². The highest BCUT2D eigenvalue weighted by Gasteiger charge is 2.28. The van der Waals surface area contributed by atoms with Crippen LogP contribution in [0.3, 0.4) is 0 Å². The van der Waals surface area contributed by atoms with Crippen LogP contribution < -0.4 is 5.73 Å². The number of aliphatic imine (C=N–C) groups is 1. The average Bonchev–Trinajstić information content (AvgIpc) is 3.47. The zero-order chi connectivity index (χ0) is 19.3. The van der Waals surface area contributed by atoms with Gasteiger partial charge in [-0.1, -0.05) is 18.2 Å². The molecule has 1 fully saturated rings. The van der Waals surface area contributed by atoms with Gasteiger partial charge >= 0.3 is 5.97 Å². The lowest BCUT2D eigenvalue weighted by atomic mass is 10.2. The largest absolute Gasteiger partial charge is 0.464 e. The summed E-state index contributed by atoms with van der Waals surface area (Å²) in [4.78, 5) is 26.7. The Balaban J connectivity index is 2.31. The van der Waals surface area contributed by atoms with Crippen LogP contribution in [0.2, 0.25) is 0 Å². The van der Waals surface area contributed by atoms with Gasteiger partial charge in [0.1, 0.15) is 16.7 Å². The monoisotopic (exact) mass is 377 g/mol. The molecule has 0 amide bonds. The van der Waals surface area contributed by atoms with Gasteiger partial charge in [-0.05, 0) is 32.8 Å². The minimum atomic E-state index is -0.645. The van der Waals surface area contributed by atoms with Gasteiger partial charge in [0.2, 0.25) is 0 Å². The van der Waals surface area contributed by atoms with E-state index >= 15 is 0 Å². The van der Waals surface area contributed by atoms with E-state index in [1.165, 1.54) is 7.11 Å². The van der Waals surface area contributed by atoms with E-state index in [4.69, 9.17) is 22.1 Å². The fourth-order valence-corrected chi connectivity index (χ4v) is 2.59. The standard InChI is InChI=1S/C18H24ClN5O2/c1-5-24(10-14-8-9-21-12(3)23-14)17(20)15(19)16(18(25)26-4)22-11(2)13-6-7-13/h8-9,13H,2,5-7,10,20H2,1,3-4H3/b17-15-,22-16+. The van der Waals surface area contributed by atoms with E-state index in [9.17, 15) is 4.79 Å². The molecular formula is C18H24ClN5O2. The number of allylic oxidation sites excluding steroid dienone is 1. The van der Waals surface area contributed by atoms with Crippen LogP contribution in [-0.4, -0.2) is 40.2 Å². The molecule has 1 aromatic rings. The van der Waals surface area contributed by atoms with Crippen molar-refractivity contribution in [2.75, 3.05) is 13.7 Å². The molecule has 0 spiro atoms. The van der Waals surface area contributed by atoms with Gasteiger partial charge in [-0.3, -0.25) is 0 Å². The number of hydrogen-bond donors (Lipinski definition) is 1. The number of nitrogens with two attached hydrogens (primary N) is 1. The van der Waals surface area contributed by atoms with Crippen molar-refractivity contribution >= 4 is 23.3 Å². The molecule has 2 N–H and O–H groups in total. The average molecular weight is 378 g/mol. The molecule has 0 radical (unpaired) electrons. The Hall–Kier alpha value is -2.41. The van der Waals surface area contributed by atoms with Crippen LogP contribution in [0.1, 0.15) is 31.3 Å². The van der Waals surface area contributed by atoms with Gasteiger partial charge in [0.05, 0.1) is 19.3 Å². The maximum Gasteiger partial charge on any atom is 0.358 e. The minimum absolute atomic E-state index is 0.0270. The van der Waals surface area contributed by atoms with Crippen molar-refractivity contribution in [3.63, 3.8) is 0 Å². The van der Waals surface area contributed by atoms with Crippen LogP contribution in [0, 0.1) is 12.8 Å². The number of methoxy groups -OCH3 is 1. The molecule has 7 nitrogen and oxygen atoms in total. The molecule has 2 rings (SSSR count). The molecule has 140 valence electrons. The van der Waals surface area contributed by atoms with Gasteiger partial charge in [0.25, 0.3) is 0 Å². The van der Waals surface area contributed by atoms with Crippen LogP contribution in [0.25, 0.3) is 0 Å². The number of ether oxygens (including phenoxy) is 1. The molecule has 1 aliphatic carbocycles. The molecule has 1 aliphatic rings. The lowest BCUT2D eigenvalue weighted by Gasteiger charge is -2.24. The number of aryl methyl sites for hydroxylation is 1. The summed E-state index contributed by atoms with van der Waals surface area (Å²) in [6, 6.07) is 1.81. The normalized spacial score (nSPS) is 15.3. The molecule has 8 heteroatoms. The maximum absolute atomic E-state index is 12.1. The molecule has 0 unspecified atom stereocenters. The smallest absolute Gasteiger partial charge is 0.358 e. The number of nitrogens with zero attached hydrogens (tertiary/aromatic N) is 4.